The predicted octanol–water partition coefficient (Wildman–Crippen LogP) is -3.92. The van der Waals surface area contributed by atoms with Crippen molar-refractivity contribution >= 4 is 12.2 Å². The molecule has 0 aromatic rings. The Morgan fingerprint density at radius 1 is 1.44 bits per heavy atom. The minimum atomic E-state index is -2.71. The van der Waals surface area contributed by atoms with E-state index in [0.29, 0.717) is 0 Å². The van der Waals surface area contributed by atoms with Crippen LogP contribution in [0, 0.1) is 0 Å². The molecule has 0 aliphatic carbocycles. The van der Waals surface area contributed by atoms with Gasteiger partial charge in [0.1, 0.15) is 18.3 Å². The van der Waals surface area contributed by atoms with Gasteiger partial charge in [0.2, 0.25) is 5.91 Å². The lowest BCUT2D eigenvalue weighted by Gasteiger charge is -2.37. The maximum absolute atomic E-state index is 10.8. The third kappa shape index (κ3) is 3.22. The van der Waals surface area contributed by atoms with Crippen molar-refractivity contribution < 1.29 is 35.1 Å². The molecule has 0 saturated heterocycles. The van der Waals surface area contributed by atoms with Gasteiger partial charge >= 0.3 is 0 Å². The van der Waals surface area contributed by atoms with Gasteiger partial charge in [-0.1, -0.05) is 0 Å². The van der Waals surface area contributed by atoms with Crippen LogP contribution in [0.1, 0.15) is 6.92 Å². The van der Waals surface area contributed by atoms with E-state index in [4.69, 9.17) is 10.2 Å². The zero-order valence-corrected chi connectivity index (χ0v) is 8.57. The zero-order chi connectivity index (χ0) is 12.9. The van der Waals surface area contributed by atoms with E-state index in [2.05, 4.69) is 0 Å². The molecule has 4 unspecified atom stereocenters. The van der Waals surface area contributed by atoms with Gasteiger partial charge in [0.05, 0.1) is 6.61 Å². The van der Waals surface area contributed by atoms with Crippen molar-refractivity contribution in [3.63, 3.8) is 0 Å². The first kappa shape index (κ1) is 14.9. The number of hydrogen-bond acceptors (Lipinski definition) is 7. The molecule has 0 rings (SSSR count). The molecular formula is C8H15NO7. The Kier molecular flexibility index (Phi) is 5.48. The highest BCUT2D eigenvalue weighted by Crippen LogP contribution is 2.15. The highest BCUT2D eigenvalue weighted by molar-refractivity contribution is 5.74. The summed E-state index contributed by atoms with van der Waals surface area (Å²) in [6, 6.07) is 0. The summed E-state index contributed by atoms with van der Waals surface area (Å²) in [6.45, 7) is -0.00546. The molecule has 16 heavy (non-hydrogen) atoms. The lowest BCUT2D eigenvalue weighted by molar-refractivity contribution is -0.200. The van der Waals surface area contributed by atoms with Crippen molar-refractivity contribution in [3.05, 3.63) is 0 Å². The van der Waals surface area contributed by atoms with Crippen LogP contribution >= 0.6 is 0 Å². The molecule has 0 aliphatic rings. The van der Waals surface area contributed by atoms with Crippen LogP contribution in [0.15, 0.2) is 0 Å². The fraction of sp³-hybridized carbons (Fsp3) is 0.750. The predicted molar refractivity (Wildman–Crippen MR) is 49.9 cm³/mol. The van der Waals surface area contributed by atoms with Gasteiger partial charge in [-0.05, 0) is 0 Å². The van der Waals surface area contributed by atoms with Crippen molar-refractivity contribution in [2.24, 2.45) is 0 Å². The van der Waals surface area contributed by atoms with E-state index in [1.165, 1.54) is 0 Å². The molecule has 0 saturated carbocycles. The average Bonchev–Trinajstić information content (AvgIpc) is 2.24. The summed E-state index contributed by atoms with van der Waals surface area (Å²) < 4.78 is 0. The molecule has 0 aromatic heterocycles. The van der Waals surface area contributed by atoms with E-state index in [1.54, 1.807) is 5.32 Å². The SMILES string of the molecule is CC(=O)NC(O)(C(O)CO)C(O)C(O)C=O. The maximum Gasteiger partial charge on any atom is 0.219 e. The van der Waals surface area contributed by atoms with Crippen LogP contribution in [-0.4, -0.2) is 68.4 Å². The Labute approximate surface area is 91.1 Å². The second-order valence-electron chi connectivity index (χ2n) is 3.28. The molecule has 94 valence electrons. The number of aliphatic hydroxyl groups excluding tert-OH is 4. The Morgan fingerprint density at radius 2 is 1.94 bits per heavy atom. The van der Waals surface area contributed by atoms with Gasteiger partial charge in [0.15, 0.2) is 12.0 Å². The average molecular weight is 237 g/mol. The van der Waals surface area contributed by atoms with Crippen LogP contribution in [-0.2, 0) is 9.59 Å². The van der Waals surface area contributed by atoms with E-state index >= 15 is 0 Å². The van der Waals surface area contributed by atoms with E-state index in [1.807, 2.05) is 0 Å². The highest BCUT2D eigenvalue weighted by Gasteiger charge is 2.46. The van der Waals surface area contributed by atoms with E-state index in [9.17, 15) is 24.9 Å². The van der Waals surface area contributed by atoms with Crippen molar-refractivity contribution in [1.29, 1.82) is 0 Å². The molecule has 4 atom stereocenters. The first-order valence-electron chi connectivity index (χ1n) is 4.41. The second kappa shape index (κ2) is 5.87. The molecular weight excluding hydrogens is 222 g/mol. The van der Waals surface area contributed by atoms with Gasteiger partial charge < -0.3 is 35.6 Å². The number of rotatable bonds is 6. The number of aldehydes is 1. The van der Waals surface area contributed by atoms with Crippen LogP contribution < -0.4 is 5.32 Å². The minimum Gasteiger partial charge on any atom is -0.393 e. The van der Waals surface area contributed by atoms with Crippen LogP contribution in [0.25, 0.3) is 0 Å². The number of amides is 1. The summed E-state index contributed by atoms with van der Waals surface area (Å²) in [5.74, 6) is -0.827. The summed E-state index contributed by atoms with van der Waals surface area (Å²) in [5.41, 5.74) is -2.71. The normalized spacial score (nSPS) is 20.4. The Morgan fingerprint density at radius 3 is 2.25 bits per heavy atom. The van der Waals surface area contributed by atoms with Crippen molar-refractivity contribution in [2.75, 3.05) is 6.61 Å². The third-order valence-corrected chi connectivity index (χ3v) is 1.97. The Hall–Kier alpha value is -1.06. The van der Waals surface area contributed by atoms with Gasteiger partial charge in [-0.3, -0.25) is 4.79 Å². The summed E-state index contributed by atoms with van der Waals surface area (Å²) in [5, 5.41) is 47.7. The standard InChI is InChI=1S/C8H15NO7/c1-4(12)9-8(16,6(14)3-11)7(15)5(13)2-10/h2,5-7,11,13-16H,3H2,1H3,(H,9,12). The monoisotopic (exact) mass is 237 g/mol. The first-order chi connectivity index (χ1) is 7.29. The topological polar surface area (TPSA) is 147 Å². The molecule has 0 spiro atoms. The summed E-state index contributed by atoms with van der Waals surface area (Å²) >= 11 is 0. The second-order valence-corrected chi connectivity index (χ2v) is 3.28. The summed E-state index contributed by atoms with van der Waals surface area (Å²) in [7, 11) is 0. The molecule has 8 nitrogen and oxygen atoms in total. The Bertz CT molecular complexity index is 259. The molecule has 0 fully saturated rings. The smallest absolute Gasteiger partial charge is 0.219 e. The van der Waals surface area contributed by atoms with Crippen LogP contribution in [0.5, 0.6) is 0 Å². The summed E-state index contributed by atoms with van der Waals surface area (Å²) in [6.07, 6.45) is -6.23. The molecule has 0 bridgehead atoms. The zero-order valence-electron chi connectivity index (χ0n) is 8.57. The van der Waals surface area contributed by atoms with Crippen molar-refractivity contribution in [2.45, 2.75) is 31.0 Å². The number of hydrogen-bond donors (Lipinski definition) is 6. The molecule has 0 aliphatic heterocycles. The van der Waals surface area contributed by atoms with Crippen molar-refractivity contribution in [1.82, 2.24) is 5.32 Å². The molecule has 1 amide bonds. The maximum atomic E-state index is 10.8. The first-order valence-corrected chi connectivity index (χ1v) is 4.41. The lowest BCUT2D eigenvalue weighted by Crippen LogP contribution is -2.67. The Balaban J connectivity index is 5.04. The number of carbonyl (C=O) groups is 2. The van der Waals surface area contributed by atoms with E-state index in [-0.39, 0.29) is 6.29 Å². The van der Waals surface area contributed by atoms with Gasteiger partial charge in [-0.15, -0.1) is 0 Å². The lowest BCUT2D eigenvalue weighted by atomic mass is 9.96. The van der Waals surface area contributed by atoms with Crippen LogP contribution in [0.3, 0.4) is 0 Å². The molecule has 8 heteroatoms. The van der Waals surface area contributed by atoms with Crippen molar-refractivity contribution in [3.8, 4) is 0 Å². The summed E-state index contributed by atoms with van der Waals surface area (Å²) in [4.78, 5) is 21.0. The molecule has 0 heterocycles. The fourth-order valence-electron chi connectivity index (χ4n) is 1.11. The van der Waals surface area contributed by atoms with Gasteiger partial charge in [0, 0.05) is 6.92 Å². The van der Waals surface area contributed by atoms with Gasteiger partial charge in [-0.2, -0.15) is 0 Å². The fourth-order valence-corrected chi connectivity index (χ4v) is 1.11. The van der Waals surface area contributed by atoms with Crippen LogP contribution in [0.2, 0.25) is 0 Å². The van der Waals surface area contributed by atoms with Crippen LogP contribution in [0.4, 0.5) is 0 Å². The van der Waals surface area contributed by atoms with E-state index < -0.39 is 36.6 Å². The molecule has 0 radical (unpaired) electrons. The number of carbonyl (C=O) groups excluding carboxylic acids is 2. The number of aliphatic hydroxyl groups is 5. The molecule has 6 N–H and O–H groups in total. The minimum absolute atomic E-state index is 0.0818. The van der Waals surface area contributed by atoms with Gasteiger partial charge in [-0.25, -0.2) is 0 Å². The van der Waals surface area contributed by atoms with Gasteiger partial charge in [0.25, 0.3) is 0 Å². The quantitative estimate of drug-likeness (QED) is 0.204. The number of nitrogens with one attached hydrogen (secondary N) is 1. The van der Waals surface area contributed by atoms with E-state index in [0.717, 1.165) is 6.92 Å². The third-order valence-electron chi connectivity index (χ3n) is 1.97. The largest absolute Gasteiger partial charge is 0.393 e. The highest BCUT2D eigenvalue weighted by atomic mass is 16.4. The molecule has 0 aromatic carbocycles.